The van der Waals surface area contributed by atoms with Crippen molar-refractivity contribution in [3.8, 4) is 17.0 Å². The number of ether oxygens (including phenoxy) is 1. The molecule has 0 spiro atoms. The topological polar surface area (TPSA) is 76.7 Å². The van der Waals surface area contributed by atoms with Gasteiger partial charge in [-0.1, -0.05) is 12.1 Å². The molecule has 2 heterocycles. The van der Waals surface area contributed by atoms with Gasteiger partial charge in [0.05, 0.1) is 18.4 Å². The van der Waals surface area contributed by atoms with Crippen LogP contribution >= 0.6 is 0 Å². The van der Waals surface area contributed by atoms with Gasteiger partial charge in [-0.05, 0) is 37.1 Å². The van der Waals surface area contributed by atoms with Crippen molar-refractivity contribution in [3.05, 3.63) is 47.8 Å². The molecule has 116 valence electrons. The van der Waals surface area contributed by atoms with Crippen LogP contribution in [0.15, 0.2) is 36.4 Å². The summed E-state index contributed by atoms with van der Waals surface area (Å²) in [5.74, 6) is 0.958. The van der Waals surface area contributed by atoms with Crippen LogP contribution in [0, 0.1) is 0 Å². The molecule has 1 saturated carbocycles. The van der Waals surface area contributed by atoms with Crippen LogP contribution in [0.25, 0.3) is 16.9 Å². The number of carbonyl (C=O) groups is 1. The lowest BCUT2D eigenvalue weighted by molar-refractivity contribution is 0.0697. The zero-order valence-corrected chi connectivity index (χ0v) is 12.6. The van der Waals surface area contributed by atoms with Crippen molar-refractivity contribution in [2.24, 2.45) is 0 Å². The average Bonchev–Trinajstić information content (AvgIpc) is 3.32. The van der Waals surface area contributed by atoms with Crippen molar-refractivity contribution in [2.75, 3.05) is 7.11 Å². The van der Waals surface area contributed by atoms with Gasteiger partial charge in [0.15, 0.2) is 17.2 Å². The minimum Gasteiger partial charge on any atom is -0.493 e. The molecule has 6 heteroatoms. The van der Waals surface area contributed by atoms with Gasteiger partial charge >= 0.3 is 5.97 Å². The Hall–Kier alpha value is -2.89. The maximum absolute atomic E-state index is 11.2. The Kier molecular flexibility index (Phi) is 3.04. The van der Waals surface area contributed by atoms with Crippen molar-refractivity contribution in [3.63, 3.8) is 0 Å². The fourth-order valence-corrected chi connectivity index (χ4v) is 2.66. The maximum Gasteiger partial charge on any atom is 0.335 e. The number of benzene rings is 1. The molecule has 23 heavy (non-hydrogen) atoms. The zero-order valence-electron chi connectivity index (χ0n) is 12.6. The van der Waals surface area contributed by atoms with Crippen molar-refractivity contribution < 1.29 is 14.6 Å². The van der Waals surface area contributed by atoms with E-state index in [1.807, 2.05) is 18.2 Å². The SMILES string of the molecule is COc1ccc(-c2cccc(C(=O)O)c2)n2nc(C3CC3)nc12. The minimum atomic E-state index is -0.950. The summed E-state index contributed by atoms with van der Waals surface area (Å²) >= 11 is 0. The average molecular weight is 309 g/mol. The number of pyridine rings is 1. The Morgan fingerprint density at radius 2 is 2.13 bits per heavy atom. The fourth-order valence-electron chi connectivity index (χ4n) is 2.66. The Bertz CT molecular complexity index is 913. The van der Waals surface area contributed by atoms with E-state index in [-0.39, 0.29) is 5.56 Å². The van der Waals surface area contributed by atoms with Crippen LogP contribution in [0.3, 0.4) is 0 Å². The molecule has 0 unspecified atom stereocenters. The molecule has 1 aliphatic rings. The van der Waals surface area contributed by atoms with E-state index in [1.165, 1.54) is 0 Å². The van der Waals surface area contributed by atoms with Crippen LogP contribution in [0.5, 0.6) is 5.75 Å². The van der Waals surface area contributed by atoms with Gasteiger partial charge in [0.1, 0.15) is 0 Å². The number of hydrogen-bond acceptors (Lipinski definition) is 4. The van der Waals surface area contributed by atoms with Gasteiger partial charge in [-0.3, -0.25) is 0 Å². The number of aromatic nitrogens is 3. The monoisotopic (exact) mass is 309 g/mol. The smallest absolute Gasteiger partial charge is 0.335 e. The first-order chi connectivity index (χ1) is 11.2. The van der Waals surface area contributed by atoms with Gasteiger partial charge in [0.2, 0.25) is 0 Å². The maximum atomic E-state index is 11.2. The van der Waals surface area contributed by atoms with E-state index in [9.17, 15) is 9.90 Å². The van der Waals surface area contributed by atoms with E-state index in [1.54, 1.807) is 29.8 Å². The predicted molar refractivity (Wildman–Crippen MR) is 83.9 cm³/mol. The third-order valence-corrected chi connectivity index (χ3v) is 4.03. The molecule has 0 bridgehead atoms. The summed E-state index contributed by atoms with van der Waals surface area (Å²) in [6, 6.07) is 10.5. The summed E-state index contributed by atoms with van der Waals surface area (Å²) in [6.07, 6.45) is 2.23. The Morgan fingerprint density at radius 3 is 2.83 bits per heavy atom. The number of carboxylic acid groups (broad SMARTS) is 1. The Balaban J connectivity index is 1.92. The van der Waals surface area contributed by atoms with E-state index in [2.05, 4.69) is 10.1 Å². The number of rotatable bonds is 4. The molecule has 6 nitrogen and oxygen atoms in total. The molecule has 0 aliphatic heterocycles. The molecule has 1 N–H and O–H groups in total. The highest BCUT2D eigenvalue weighted by molar-refractivity contribution is 5.89. The molecular weight excluding hydrogens is 294 g/mol. The minimum absolute atomic E-state index is 0.244. The molecule has 1 aliphatic carbocycles. The third kappa shape index (κ3) is 2.32. The number of aromatic carboxylic acids is 1. The number of carboxylic acids is 1. The molecule has 4 rings (SSSR count). The van der Waals surface area contributed by atoms with E-state index in [4.69, 9.17) is 4.74 Å². The Labute approximate surface area is 132 Å². The van der Waals surface area contributed by atoms with Crippen molar-refractivity contribution >= 4 is 11.6 Å². The molecule has 1 fully saturated rings. The number of hydrogen-bond donors (Lipinski definition) is 1. The van der Waals surface area contributed by atoms with Crippen LogP contribution in [0.4, 0.5) is 0 Å². The second kappa shape index (κ2) is 5.08. The van der Waals surface area contributed by atoms with E-state index in [0.29, 0.717) is 17.3 Å². The molecule has 1 aromatic carbocycles. The quantitative estimate of drug-likeness (QED) is 0.801. The number of methoxy groups -OCH3 is 1. The summed E-state index contributed by atoms with van der Waals surface area (Å²) in [4.78, 5) is 15.8. The van der Waals surface area contributed by atoms with Crippen molar-refractivity contribution in [1.82, 2.24) is 14.6 Å². The molecule has 2 aromatic heterocycles. The highest BCUT2D eigenvalue weighted by Crippen LogP contribution is 2.39. The van der Waals surface area contributed by atoms with Crippen LogP contribution in [-0.2, 0) is 0 Å². The molecular formula is C17H15N3O3. The van der Waals surface area contributed by atoms with E-state index in [0.717, 1.165) is 29.9 Å². The summed E-state index contributed by atoms with van der Waals surface area (Å²) in [5, 5.41) is 13.8. The summed E-state index contributed by atoms with van der Waals surface area (Å²) in [7, 11) is 1.60. The van der Waals surface area contributed by atoms with Crippen LogP contribution < -0.4 is 4.74 Å². The fraction of sp³-hybridized carbons (Fsp3) is 0.235. The second-order valence-electron chi connectivity index (χ2n) is 5.65. The Morgan fingerprint density at radius 1 is 1.30 bits per heavy atom. The molecule has 0 saturated heterocycles. The van der Waals surface area contributed by atoms with Crippen LogP contribution in [0.1, 0.15) is 34.9 Å². The molecule has 3 aromatic rings. The summed E-state index contributed by atoms with van der Waals surface area (Å²) in [6.45, 7) is 0. The number of nitrogens with zero attached hydrogens (tertiary/aromatic N) is 3. The second-order valence-corrected chi connectivity index (χ2v) is 5.65. The van der Waals surface area contributed by atoms with Gasteiger partial charge < -0.3 is 9.84 Å². The molecule has 0 atom stereocenters. The van der Waals surface area contributed by atoms with Gasteiger partial charge in [-0.25, -0.2) is 14.3 Å². The van der Waals surface area contributed by atoms with E-state index < -0.39 is 5.97 Å². The summed E-state index contributed by atoms with van der Waals surface area (Å²) in [5.41, 5.74) is 2.48. The van der Waals surface area contributed by atoms with Gasteiger partial charge in [0, 0.05) is 11.5 Å². The van der Waals surface area contributed by atoms with Crippen molar-refractivity contribution in [1.29, 1.82) is 0 Å². The van der Waals surface area contributed by atoms with Gasteiger partial charge in [-0.2, -0.15) is 5.10 Å². The highest BCUT2D eigenvalue weighted by atomic mass is 16.5. The van der Waals surface area contributed by atoms with Gasteiger partial charge in [-0.15, -0.1) is 0 Å². The lowest BCUT2D eigenvalue weighted by Crippen LogP contribution is -1.99. The van der Waals surface area contributed by atoms with Crippen LogP contribution in [0.2, 0.25) is 0 Å². The molecule has 0 radical (unpaired) electrons. The van der Waals surface area contributed by atoms with Crippen molar-refractivity contribution in [2.45, 2.75) is 18.8 Å². The first-order valence-electron chi connectivity index (χ1n) is 7.45. The number of fused-ring (bicyclic) bond motifs is 1. The standard InChI is InChI=1S/C17H15N3O3/c1-23-14-8-7-13(11-3-2-4-12(9-11)17(21)22)20-16(14)18-15(19-20)10-5-6-10/h2-4,7-10H,5-6H2,1H3,(H,21,22). The van der Waals surface area contributed by atoms with Gasteiger partial charge in [0.25, 0.3) is 0 Å². The molecule has 0 amide bonds. The third-order valence-electron chi connectivity index (χ3n) is 4.03. The summed E-state index contributed by atoms with van der Waals surface area (Å²) < 4.78 is 7.12. The highest BCUT2D eigenvalue weighted by Gasteiger charge is 2.29. The normalized spacial score (nSPS) is 14.1. The zero-order chi connectivity index (χ0) is 16.0. The lowest BCUT2D eigenvalue weighted by Gasteiger charge is -2.08. The van der Waals surface area contributed by atoms with Crippen LogP contribution in [-0.4, -0.2) is 32.8 Å². The first-order valence-corrected chi connectivity index (χ1v) is 7.45. The van der Waals surface area contributed by atoms with E-state index >= 15 is 0 Å². The lowest BCUT2D eigenvalue weighted by atomic mass is 10.1. The predicted octanol–water partition coefficient (Wildman–Crippen LogP) is 2.98. The largest absolute Gasteiger partial charge is 0.493 e. The first kappa shape index (κ1) is 13.8.